The number of nitrogens with one attached hydrogen (secondary N) is 1. The monoisotopic (exact) mass is 313 g/mol. The number of hydrogen-bond acceptors (Lipinski definition) is 5. The largest absolute Gasteiger partial charge is 0.465 e. The molecule has 1 aromatic carbocycles. The highest BCUT2D eigenvalue weighted by atomic mass is 19.1. The lowest BCUT2D eigenvalue weighted by Gasteiger charge is -2.23. The van der Waals surface area contributed by atoms with Crippen LogP contribution in [0.4, 0.5) is 8.78 Å². The molecule has 1 aromatic rings. The van der Waals surface area contributed by atoms with Gasteiger partial charge in [0.25, 0.3) is 0 Å². The lowest BCUT2D eigenvalue weighted by Crippen LogP contribution is -2.38. The van der Waals surface area contributed by atoms with E-state index in [2.05, 4.69) is 10.1 Å². The maximum atomic E-state index is 13.9. The summed E-state index contributed by atoms with van der Waals surface area (Å²) in [6.45, 7) is 1.91. The van der Waals surface area contributed by atoms with Crippen LogP contribution in [0.3, 0.4) is 0 Å². The van der Waals surface area contributed by atoms with Gasteiger partial charge in [0.05, 0.1) is 30.9 Å². The predicted octanol–water partition coefficient (Wildman–Crippen LogP) is 1.70. The van der Waals surface area contributed by atoms with Gasteiger partial charge in [0.1, 0.15) is 11.6 Å². The molecular formula is C15H17F2NO4. The van der Waals surface area contributed by atoms with E-state index in [1.165, 1.54) is 0 Å². The SMILES string of the molecule is COC(=O)c1cc(F)c(C(=O)CC[C@H]2CNCCO2)c(F)c1. The zero-order valence-electron chi connectivity index (χ0n) is 12.2. The summed E-state index contributed by atoms with van der Waals surface area (Å²) in [5.74, 6) is -3.64. The molecule has 5 nitrogen and oxygen atoms in total. The Morgan fingerprint density at radius 1 is 1.36 bits per heavy atom. The second kappa shape index (κ2) is 7.42. The summed E-state index contributed by atoms with van der Waals surface area (Å²) in [6, 6.07) is 1.61. The van der Waals surface area contributed by atoms with Crippen molar-refractivity contribution >= 4 is 11.8 Å². The first-order chi connectivity index (χ1) is 10.5. The number of carbonyl (C=O) groups excluding carboxylic acids is 2. The summed E-state index contributed by atoms with van der Waals surface area (Å²) in [6.07, 6.45) is 0.208. The number of ketones is 1. The number of ether oxygens (including phenoxy) is 2. The Morgan fingerprint density at radius 3 is 2.59 bits per heavy atom. The van der Waals surface area contributed by atoms with Gasteiger partial charge in [0.15, 0.2) is 5.78 Å². The molecule has 1 aliphatic heterocycles. The molecule has 1 heterocycles. The van der Waals surface area contributed by atoms with Crippen molar-refractivity contribution in [3.05, 3.63) is 34.9 Å². The van der Waals surface area contributed by atoms with Crippen LogP contribution in [-0.2, 0) is 9.47 Å². The standard InChI is InChI=1S/C15H17F2NO4/c1-21-15(20)9-6-11(16)14(12(17)7-9)13(19)3-2-10-8-18-4-5-22-10/h6-7,10,18H,2-5,8H2,1H3/t10-/m0/s1. The average molecular weight is 313 g/mol. The van der Waals surface area contributed by atoms with Crippen LogP contribution in [0, 0.1) is 11.6 Å². The maximum Gasteiger partial charge on any atom is 0.338 e. The zero-order chi connectivity index (χ0) is 16.1. The van der Waals surface area contributed by atoms with Crippen LogP contribution < -0.4 is 5.32 Å². The average Bonchev–Trinajstić information content (AvgIpc) is 2.52. The molecule has 22 heavy (non-hydrogen) atoms. The third kappa shape index (κ3) is 3.86. The van der Waals surface area contributed by atoms with Crippen molar-refractivity contribution < 1.29 is 27.8 Å². The Hall–Kier alpha value is -1.86. The number of carbonyl (C=O) groups is 2. The van der Waals surface area contributed by atoms with Crippen molar-refractivity contribution in [3.63, 3.8) is 0 Å². The Morgan fingerprint density at radius 2 is 2.05 bits per heavy atom. The first-order valence-corrected chi connectivity index (χ1v) is 6.95. The van der Waals surface area contributed by atoms with Gasteiger partial charge >= 0.3 is 5.97 Å². The molecule has 2 rings (SSSR count). The summed E-state index contributed by atoms with van der Waals surface area (Å²) in [4.78, 5) is 23.3. The fourth-order valence-corrected chi connectivity index (χ4v) is 2.30. The molecule has 120 valence electrons. The molecule has 0 amide bonds. The molecule has 0 unspecified atom stereocenters. The first kappa shape index (κ1) is 16.5. The molecule has 1 aliphatic rings. The van der Waals surface area contributed by atoms with Gasteiger partial charge in [-0.1, -0.05) is 0 Å². The lowest BCUT2D eigenvalue weighted by atomic mass is 10.0. The second-order valence-corrected chi connectivity index (χ2v) is 4.97. The fraction of sp³-hybridized carbons (Fsp3) is 0.467. The molecular weight excluding hydrogens is 296 g/mol. The van der Waals surface area contributed by atoms with E-state index in [0.717, 1.165) is 25.8 Å². The maximum absolute atomic E-state index is 13.9. The van der Waals surface area contributed by atoms with Crippen LogP contribution in [-0.4, -0.2) is 44.7 Å². The van der Waals surface area contributed by atoms with Crippen LogP contribution >= 0.6 is 0 Å². The number of esters is 1. The van der Waals surface area contributed by atoms with E-state index in [4.69, 9.17) is 4.74 Å². The van der Waals surface area contributed by atoms with E-state index in [-0.39, 0.29) is 18.1 Å². The van der Waals surface area contributed by atoms with E-state index < -0.39 is 29.0 Å². The lowest BCUT2D eigenvalue weighted by molar-refractivity contribution is 0.0224. The van der Waals surface area contributed by atoms with Gasteiger partial charge in [-0.2, -0.15) is 0 Å². The van der Waals surface area contributed by atoms with Gasteiger partial charge in [0.2, 0.25) is 0 Å². The molecule has 0 bridgehead atoms. The van der Waals surface area contributed by atoms with Crippen molar-refractivity contribution in [2.75, 3.05) is 26.8 Å². The molecule has 0 spiro atoms. The van der Waals surface area contributed by atoms with E-state index in [1.54, 1.807) is 0 Å². The van der Waals surface area contributed by atoms with Crippen LogP contribution in [0.25, 0.3) is 0 Å². The number of morpholine rings is 1. The summed E-state index contributed by atoms with van der Waals surface area (Å²) in [5.41, 5.74) is -0.898. The number of methoxy groups -OCH3 is 1. The highest BCUT2D eigenvalue weighted by Gasteiger charge is 2.22. The van der Waals surface area contributed by atoms with Crippen molar-refractivity contribution in [3.8, 4) is 0 Å². The van der Waals surface area contributed by atoms with E-state index in [9.17, 15) is 18.4 Å². The molecule has 0 saturated carbocycles. The Labute approximate surface area is 126 Å². The fourth-order valence-electron chi connectivity index (χ4n) is 2.30. The summed E-state index contributed by atoms with van der Waals surface area (Å²) in [5, 5.41) is 3.11. The molecule has 1 N–H and O–H groups in total. The predicted molar refractivity (Wildman–Crippen MR) is 73.9 cm³/mol. The highest BCUT2D eigenvalue weighted by Crippen LogP contribution is 2.19. The molecule has 1 atom stereocenters. The smallest absolute Gasteiger partial charge is 0.338 e. The highest BCUT2D eigenvalue weighted by molar-refractivity contribution is 5.98. The number of Topliss-reactive ketones (excluding diaryl/α,β-unsaturated/α-hetero) is 1. The number of hydrogen-bond donors (Lipinski definition) is 1. The van der Waals surface area contributed by atoms with Crippen molar-refractivity contribution in [2.45, 2.75) is 18.9 Å². The zero-order valence-corrected chi connectivity index (χ0v) is 12.2. The van der Waals surface area contributed by atoms with Gasteiger partial charge in [-0.15, -0.1) is 0 Å². The Balaban J connectivity index is 2.07. The van der Waals surface area contributed by atoms with Gasteiger partial charge < -0.3 is 14.8 Å². The van der Waals surface area contributed by atoms with E-state index >= 15 is 0 Å². The Bertz CT molecular complexity index is 548. The molecule has 1 saturated heterocycles. The quantitative estimate of drug-likeness (QED) is 0.662. The second-order valence-electron chi connectivity index (χ2n) is 4.97. The minimum Gasteiger partial charge on any atom is -0.465 e. The van der Waals surface area contributed by atoms with E-state index in [0.29, 0.717) is 19.6 Å². The molecule has 7 heteroatoms. The van der Waals surface area contributed by atoms with Crippen LogP contribution in [0.5, 0.6) is 0 Å². The molecule has 0 aliphatic carbocycles. The molecule has 0 aromatic heterocycles. The molecule has 1 fully saturated rings. The topological polar surface area (TPSA) is 64.6 Å². The van der Waals surface area contributed by atoms with Crippen molar-refractivity contribution in [2.24, 2.45) is 0 Å². The van der Waals surface area contributed by atoms with Gasteiger partial charge in [-0.25, -0.2) is 13.6 Å². The third-order valence-corrected chi connectivity index (χ3v) is 3.44. The van der Waals surface area contributed by atoms with Gasteiger partial charge in [0, 0.05) is 19.5 Å². The summed E-state index contributed by atoms with van der Waals surface area (Å²) >= 11 is 0. The van der Waals surface area contributed by atoms with Crippen LogP contribution in [0.15, 0.2) is 12.1 Å². The van der Waals surface area contributed by atoms with Crippen molar-refractivity contribution in [1.29, 1.82) is 0 Å². The normalized spacial score (nSPS) is 18.0. The minimum atomic E-state index is -1.06. The summed E-state index contributed by atoms with van der Waals surface area (Å²) in [7, 11) is 1.11. The Kier molecular flexibility index (Phi) is 5.57. The number of benzene rings is 1. The van der Waals surface area contributed by atoms with Crippen LogP contribution in [0.2, 0.25) is 0 Å². The number of rotatable bonds is 5. The minimum absolute atomic E-state index is 0.0300. The van der Waals surface area contributed by atoms with Gasteiger partial charge in [-0.3, -0.25) is 4.79 Å². The van der Waals surface area contributed by atoms with Crippen LogP contribution in [0.1, 0.15) is 33.6 Å². The third-order valence-electron chi connectivity index (χ3n) is 3.44. The van der Waals surface area contributed by atoms with Crippen molar-refractivity contribution in [1.82, 2.24) is 5.32 Å². The molecule has 0 radical (unpaired) electrons. The number of halogens is 2. The summed E-state index contributed by atoms with van der Waals surface area (Å²) < 4.78 is 37.6. The van der Waals surface area contributed by atoms with Gasteiger partial charge in [-0.05, 0) is 18.6 Å². The van der Waals surface area contributed by atoms with E-state index in [1.807, 2.05) is 0 Å². The first-order valence-electron chi connectivity index (χ1n) is 6.95.